The van der Waals surface area contributed by atoms with Gasteiger partial charge in [0.15, 0.2) is 0 Å². The van der Waals surface area contributed by atoms with Gasteiger partial charge in [-0.15, -0.1) is 0 Å². The van der Waals surface area contributed by atoms with Crippen LogP contribution in [-0.4, -0.2) is 28.1 Å². The van der Waals surface area contributed by atoms with E-state index in [0.29, 0.717) is 6.42 Å². The Kier molecular flexibility index (Phi) is 15.5. The van der Waals surface area contributed by atoms with E-state index in [-0.39, 0.29) is 18.1 Å². The van der Waals surface area contributed by atoms with E-state index in [1.165, 1.54) is 37.8 Å². The summed E-state index contributed by atoms with van der Waals surface area (Å²) < 4.78 is 0. The van der Waals surface area contributed by atoms with E-state index in [1.807, 2.05) is 0 Å². The zero-order valence-electron chi connectivity index (χ0n) is 19.6. The van der Waals surface area contributed by atoms with Crippen LogP contribution in [0.15, 0.2) is 48.6 Å². The summed E-state index contributed by atoms with van der Waals surface area (Å²) in [5.74, 6) is -1.14. The van der Waals surface area contributed by atoms with Crippen molar-refractivity contribution in [3.8, 4) is 5.75 Å². The third-order valence-corrected chi connectivity index (χ3v) is 5.36. The average molecular weight is 444 g/mol. The number of carbonyl (C=O) groups excluding carboxylic acids is 1. The number of hydrogen-bond acceptors (Lipinski definition) is 3. The van der Waals surface area contributed by atoms with Crippen molar-refractivity contribution in [3.05, 3.63) is 54.1 Å². The first-order chi connectivity index (χ1) is 15.5. The highest BCUT2D eigenvalue weighted by atomic mass is 16.4. The molecule has 3 N–H and O–H groups in total. The van der Waals surface area contributed by atoms with E-state index < -0.39 is 12.0 Å². The van der Waals surface area contributed by atoms with Gasteiger partial charge in [0.2, 0.25) is 5.91 Å². The van der Waals surface area contributed by atoms with E-state index in [2.05, 4.69) is 36.5 Å². The second kappa shape index (κ2) is 18.1. The van der Waals surface area contributed by atoms with Gasteiger partial charge < -0.3 is 15.5 Å². The van der Waals surface area contributed by atoms with Crippen LogP contribution >= 0.6 is 0 Å². The van der Waals surface area contributed by atoms with E-state index in [0.717, 1.165) is 50.5 Å². The molecule has 0 heterocycles. The van der Waals surface area contributed by atoms with Gasteiger partial charge in [-0.2, -0.15) is 0 Å². The monoisotopic (exact) mass is 443 g/mol. The summed E-state index contributed by atoms with van der Waals surface area (Å²) in [6, 6.07) is 5.40. The van der Waals surface area contributed by atoms with Gasteiger partial charge in [-0.3, -0.25) is 4.79 Å². The van der Waals surface area contributed by atoms with Crippen LogP contribution in [0, 0.1) is 0 Å². The van der Waals surface area contributed by atoms with Crippen LogP contribution in [0.2, 0.25) is 0 Å². The molecular weight excluding hydrogens is 402 g/mol. The Balaban J connectivity index is 2.07. The summed E-state index contributed by atoms with van der Waals surface area (Å²) in [7, 11) is 0. The van der Waals surface area contributed by atoms with Crippen LogP contribution in [-0.2, 0) is 16.0 Å². The molecule has 1 amide bonds. The molecule has 1 atom stereocenters. The van der Waals surface area contributed by atoms with Crippen LogP contribution in [0.3, 0.4) is 0 Å². The topological polar surface area (TPSA) is 86.6 Å². The zero-order chi connectivity index (χ0) is 23.4. The average Bonchev–Trinajstić information content (AvgIpc) is 2.77. The van der Waals surface area contributed by atoms with Crippen LogP contribution in [0.25, 0.3) is 0 Å². The number of rotatable bonds is 18. The molecule has 0 aliphatic heterocycles. The van der Waals surface area contributed by atoms with Crippen LogP contribution in [0.5, 0.6) is 5.75 Å². The molecule has 0 spiro atoms. The fourth-order valence-corrected chi connectivity index (χ4v) is 3.43. The molecule has 0 aromatic heterocycles. The Morgan fingerprint density at radius 3 is 2.09 bits per heavy atom. The maximum absolute atomic E-state index is 12.1. The highest BCUT2D eigenvalue weighted by Crippen LogP contribution is 2.12. The molecule has 5 nitrogen and oxygen atoms in total. The Morgan fingerprint density at radius 1 is 0.875 bits per heavy atom. The molecule has 0 saturated heterocycles. The lowest BCUT2D eigenvalue weighted by Gasteiger charge is -2.14. The third-order valence-electron chi connectivity index (χ3n) is 5.36. The first-order valence-electron chi connectivity index (χ1n) is 12.1. The Labute approximate surface area is 193 Å². The molecule has 0 saturated carbocycles. The van der Waals surface area contributed by atoms with Crippen LogP contribution < -0.4 is 5.32 Å². The number of carboxylic acid groups (broad SMARTS) is 1. The SMILES string of the molecule is CCCCCC=CCC=CCCCCCCCC(=O)N[C@@H](Cc1ccc(O)cc1)C(=O)O. The lowest BCUT2D eigenvalue weighted by Crippen LogP contribution is -2.42. The second-order valence-corrected chi connectivity index (χ2v) is 8.31. The standard InChI is InChI=1S/C27H41NO4/c1-2-3-4-5-6-7-8-9-10-11-12-13-14-15-16-17-26(30)28-25(27(31)32)22-23-18-20-24(29)21-19-23/h6-7,9-10,18-21,25,29H,2-5,8,11-17,22H2,1H3,(H,28,30)(H,31,32)/t25-/m0/s1. The van der Waals surface area contributed by atoms with Crippen LogP contribution in [0.1, 0.15) is 89.5 Å². The van der Waals surface area contributed by atoms with Crippen molar-refractivity contribution in [2.45, 2.75) is 96.4 Å². The molecule has 1 aromatic carbocycles. The van der Waals surface area contributed by atoms with Gasteiger partial charge in [-0.05, 0) is 56.2 Å². The first kappa shape index (κ1) is 27.5. The number of carboxylic acids is 1. The number of aliphatic carboxylic acids is 1. The molecule has 32 heavy (non-hydrogen) atoms. The molecule has 0 unspecified atom stereocenters. The molecule has 0 radical (unpaired) electrons. The lowest BCUT2D eigenvalue weighted by atomic mass is 10.0. The van der Waals surface area contributed by atoms with Crippen molar-refractivity contribution < 1.29 is 19.8 Å². The van der Waals surface area contributed by atoms with Gasteiger partial charge in [0.25, 0.3) is 0 Å². The van der Waals surface area contributed by atoms with E-state index in [1.54, 1.807) is 12.1 Å². The third kappa shape index (κ3) is 14.4. The van der Waals surface area contributed by atoms with Gasteiger partial charge in [-0.1, -0.05) is 75.5 Å². The number of benzene rings is 1. The fourth-order valence-electron chi connectivity index (χ4n) is 3.43. The normalized spacial score (nSPS) is 12.4. The maximum Gasteiger partial charge on any atom is 0.326 e. The summed E-state index contributed by atoms with van der Waals surface area (Å²) in [5.41, 5.74) is 0.757. The summed E-state index contributed by atoms with van der Waals surface area (Å²) in [5, 5.41) is 21.3. The molecule has 0 bridgehead atoms. The number of amides is 1. The smallest absolute Gasteiger partial charge is 0.326 e. The number of nitrogens with one attached hydrogen (secondary N) is 1. The number of unbranched alkanes of at least 4 members (excludes halogenated alkanes) is 8. The lowest BCUT2D eigenvalue weighted by molar-refractivity contribution is -0.141. The fraction of sp³-hybridized carbons (Fsp3) is 0.556. The van der Waals surface area contributed by atoms with Crippen molar-refractivity contribution in [2.75, 3.05) is 0 Å². The van der Waals surface area contributed by atoms with Crippen LogP contribution in [0.4, 0.5) is 0 Å². The van der Waals surface area contributed by atoms with Crippen molar-refractivity contribution >= 4 is 11.9 Å². The molecule has 178 valence electrons. The summed E-state index contributed by atoms with van der Waals surface area (Å²) in [6.45, 7) is 2.22. The molecule has 1 aromatic rings. The van der Waals surface area contributed by atoms with Crippen molar-refractivity contribution in [3.63, 3.8) is 0 Å². The summed E-state index contributed by atoms with van der Waals surface area (Å²) in [4.78, 5) is 23.6. The Morgan fingerprint density at radius 2 is 1.47 bits per heavy atom. The summed E-state index contributed by atoms with van der Waals surface area (Å²) >= 11 is 0. The minimum absolute atomic E-state index is 0.131. The number of allylic oxidation sites excluding steroid dienone is 4. The molecule has 0 aliphatic rings. The molecule has 0 fully saturated rings. The molecule has 1 rings (SSSR count). The molecular formula is C27H41NO4. The predicted octanol–water partition coefficient (Wildman–Crippen LogP) is 6.32. The van der Waals surface area contributed by atoms with Gasteiger partial charge in [0.1, 0.15) is 11.8 Å². The number of phenols is 1. The minimum atomic E-state index is -1.05. The zero-order valence-corrected chi connectivity index (χ0v) is 19.6. The minimum Gasteiger partial charge on any atom is -0.508 e. The van der Waals surface area contributed by atoms with E-state index >= 15 is 0 Å². The molecule has 5 heteroatoms. The van der Waals surface area contributed by atoms with Gasteiger partial charge in [0, 0.05) is 12.8 Å². The number of hydrogen-bond donors (Lipinski definition) is 3. The van der Waals surface area contributed by atoms with Crippen molar-refractivity contribution in [1.82, 2.24) is 5.32 Å². The summed E-state index contributed by atoms with van der Waals surface area (Å²) in [6.07, 6.45) is 21.9. The second-order valence-electron chi connectivity index (χ2n) is 8.31. The number of carbonyl (C=O) groups is 2. The number of aromatic hydroxyl groups is 1. The van der Waals surface area contributed by atoms with E-state index in [4.69, 9.17) is 0 Å². The highest BCUT2D eigenvalue weighted by Gasteiger charge is 2.20. The van der Waals surface area contributed by atoms with Crippen molar-refractivity contribution in [1.29, 1.82) is 0 Å². The Hall–Kier alpha value is -2.56. The van der Waals surface area contributed by atoms with Gasteiger partial charge in [-0.25, -0.2) is 4.79 Å². The maximum atomic E-state index is 12.1. The van der Waals surface area contributed by atoms with Gasteiger partial charge >= 0.3 is 5.97 Å². The largest absolute Gasteiger partial charge is 0.508 e. The first-order valence-corrected chi connectivity index (χ1v) is 12.1. The van der Waals surface area contributed by atoms with E-state index in [9.17, 15) is 19.8 Å². The van der Waals surface area contributed by atoms with Gasteiger partial charge in [0.05, 0.1) is 0 Å². The number of phenolic OH excluding ortho intramolecular Hbond substituents is 1. The highest BCUT2D eigenvalue weighted by molar-refractivity contribution is 5.83. The predicted molar refractivity (Wildman–Crippen MR) is 131 cm³/mol. The van der Waals surface area contributed by atoms with Crippen molar-refractivity contribution in [2.24, 2.45) is 0 Å². The Bertz CT molecular complexity index is 694. The quantitative estimate of drug-likeness (QED) is 0.183. The molecule has 0 aliphatic carbocycles.